The molecule has 1 unspecified atom stereocenters. The minimum atomic E-state index is -0.151. The Morgan fingerprint density at radius 2 is 1.89 bits per heavy atom. The number of hydrogen-bond donors (Lipinski definition) is 1. The van der Waals surface area contributed by atoms with Crippen LogP contribution in [0.4, 0.5) is 5.82 Å². The average molecular weight is 380 g/mol. The summed E-state index contributed by atoms with van der Waals surface area (Å²) in [7, 11) is 0. The molecule has 1 amide bonds. The topological polar surface area (TPSA) is 77.6 Å². The number of hydrogen-bond acceptors (Lipinski definition) is 4. The third-order valence-corrected chi connectivity index (χ3v) is 5.51. The van der Waals surface area contributed by atoms with Crippen molar-refractivity contribution >= 4 is 22.8 Å². The molecule has 1 aliphatic rings. The Morgan fingerprint density at radius 3 is 2.54 bits per heavy atom. The zero-order chi connectivity index (χ0) is 20.0. The average Bonchev–Trinajstić information content (AvgIpc) is 3.25. The number of amides is 1. The SMILES string of the molecule is CC(C)c1cc(C(=O)Nc2ccnn2C(C)C2CC2)c2cnn(C(C)C)c2n1. The third-order valence-electron chi connectivity index (χ3n) is 5.51. The van der Waals surface area contributed by atoms with Gasteiger partial charge >= 0.3 is 0 Å². The Hall–Kier alpha value is -2.70. The van der Waals surface area contributed by atoms with Gasteiger partial charge in [-0.25, -0.2) is 14.3 Å². The molecule has 1 atom stereocenters. The maximum atomic E-state index is 13.2. The molecule has 3 aromatic rings. The van der Waals surface area contributed by atoms with Gasteiger partial charge in [-0.2, -0.15) is 10.2 Å². The number of fused-ring (bicyclic) bond motifs is 1. The van der Waals surface area contributed by atoms with Crippen LogP contribution in [0.1, 0.15) is 81.5 Å². The van der Waals surface area contributed by atoms with Gasteiger partial charge in [0.15, 0.2) is 5.65 Å². The van der Waals surface area contributed by atoms with Crippen LogP contribution in [0, 0.1) is 5.92 Å². The van der Waals surface area contributed by atoms with E-state index in [4.69, 9.17) is 4.98 Å². The van der Waals surface area contributed by atoms with Gasteiger partial charge < -0.3 is 5.32 Å². The normalized spacial score (nSPS) is 15.5. The molecular formula is C21H28N6O. The molecule has 7 heteroatoms. The lowest BCUT2D eigenvalue weighted by atomic mass is 10.0. The monoisotopic (exact) mass is 380 g/mol. The summed E-state index contributed by atoms with van der Waals surface area (Å²) in [5.74, 6) is 1.45. The molecule has 1 fully saturated rings. The number of rotatable bonds is 6. The van der Waals surface area contributed by atoms with Gasteiger partial charge in [0.1, 0.15) is 5.82 Å². The summed E-state index contributed by atoms with van der Waals surface area (Å²) in [4.78, 5) is 18.0. The van der Waals surface area contributed by atoms with Crippen LogP contribution >= 0.6 is 0 Å². The van der Waals surface area contributed by atoms with E-state index in [1.54, 1.807) is 12.4 Å². The molecule has 28 heavy (non-hydrogen) atoms. The highest BCUT2D eigenvalue weighted by atomic mass is 16.1. The van der Waals surface area contributed by atoms with Crippen molar-refractivity contribution in [3.05, 3.63) is 35.8 Å². The first-order valence-corrected chi connectivity index (χ1v) is 10.1. The second-order valence-corrected chi connectivity index (χ2v) is 8.36. The van der Waals surface area contributed by atoms with Crippen LogP contribution in [0.25, 0.3) is 11.0 Å². The highest BCUT2D eigenvalue weighted by molar-refractivity contribution is 6.11. The number of pyridine rings is 1. The summed E-state index contributed by atoms with van der Waals surface area (Å²) < 4.78 is 3.80. The molecule has 7 nitrogen and oxygen atoms in total. The first-order chi connectivity index (χ1) is 13.4. The molecule has 0 aromatic carbocycles. The molecule has 0 radical (unpaired) electrons. The van der Waals surface area contributed by atoms with Crippen LogP contribution in [-0.4, -0.2) is 30.5 Å². The highest BCUT2D eigenvalue weighted by Gasteiger charge is 2.31. The lowest BCUT2D eigenvalue weighted by molar-refractivity contribution is 0.102. The van der Waals surface area contributed by atoms with E-state index in [2.05, 4.69) is 50.1 Å². The van der Waals surface area contributed by atoms with E-state index >= 15 is 0 Å². The van der Waals surface area contributed by atoms with E-state index in [-0.39, 0.29) is 23.9 Å². The Balaban J connectivity index is 1.72. The van der Waals surface area contributed by atoms with Crippen molar-refractivity contribution < 1.29 is 4.79 Å². The number of carbonyl (C=O) groups is 1. The maximum absolute atomic E-state index is 13.2. The molecular weight excluding hydrogens is 352 g/mol. The van der Waals surface area contributed by atoms with E-state index in [0.717, 1.165) is 22.5 Å². The zero-order valence-corrected chi connectivity index (χ0v) is 17.2. The van der Waals surface area contributed by atoms with Gasteiger partial charge in [-0.15, -0.1) is 0 Å². The standard InChI is InChI=1S/C21H28N6O/c1-12(2)18-10-16(17-11-23-26(13(3)4)20(17)24-18)21(28)25-19-8-9-22-27(19)14(5)15-6-7-15/h8-15H,6-7H2,1-5H3,(H,25,28). The fourth-order valence-electron chi connectivity index (χ4n) is 3.60. The van der Waals surface area contributed by atoms with E-state index in [0.29, 0.717) is 11.5 Å². The van der Waals surface area contributed by atoms with Crippen molar-refractivity contribution in [3.8, 4) is 0 Å². The highest BCUT2D eigenvalue weighted by Crippen LogP contribution is 2.40. The second kappa shape index (κ2) is 7.04. The molecule has 4 rings (SSSR count). The van der Waals surface area contributed by atoms with Gasteiger partial charge in [0, 0.05) is 17.8 Å². The van der Waals surface area contributed by atoms with Crippen LogP contribution < -0.4 is 5.32 Å². The summed E-state index contributed by atoms with van der Waals surface area (Å²) >= 11 is 0. The Bertz CT molecular complexity index is 1010. The van der Waals surface area contributed by atoms with Crippen LogP contribution in [0.3, 0.4) is 0 Å². The second-order valence-electron chi connectivity index (χ2n) is 8.36. The van der Waals surface area contributed by atoms with Crippen LogP contribution in [0.2, 0.25) is 0 Å². The molecule has 3 heterocycles. The van der Waals surface area contributed by atoms with Crippen LogP contribution in [0.15, 0.2) is 24.5 Å². The minimum absolute atomic E-state index is 0.151. The Morgan fingerprint density at radius 1 is 1.14 bits per heavy atom. The molecule has 148 valence electrons. The number of anilines is 1. The van der Waals surface area contributed by atoms with Gasteiger partial charge in [-0.3, -0.25) is 4.79 Å². The summed E-state index contributed by atoms with van der Waals surface area (Å²) in [6.07, 6.45) is 5.94. The maximum Gasteiger partial charge on any atom is 0.257 e. The van der Waals surface area contributed by atoms with Crippen molar-refractivity contribution in [2.75, 3.05) is 5.32 Å². The number of nitrogens with zero attached hydrogens (tertiary/aromatic N) is 5. The molecule has 3 aromatic heterocycles. The molecule has 0 bridgehead atoms. The fraction of sp³-hybridized carbons (Fsp3) is 0.524. The Labute approximate surface area is 165 Å². The van der Waals surface area contributed by atoms with Gasteiger partial charge in [-0.05, 0) is 51.5 Å². The molecule has 1 aliphatic carbocycles. The lowest BCUT2D eigenvalue weighted by Gasteiger charge is -2.16. The minimum Gasteiger partial charge on any atom is -0.307 e. The number of aromatic nitrogens is 5. The van der Waals surface area contributed by atoms with E-state index < -0.39 is 0 Å². The van der Waals surface area contributed by atoms with Crippen LogP contribution in [-0.2, 0) is 0 Å². The van der Waals surface area contributed by atoms with E-state index in [9.17, 15) is 4.79 Å². The molecule has 1 saturated carbocycles. The first-order valence-electron chi connectivity index (χ1n) is 10.1. The molecule has 1 N–H and O–H groups in total. The number of carbonyl (C=O) groups excluding carboxylic acids is 1. The quantitative estimate of drug-likeness (QED) is 0.680. The fourth-order valence-corrected chi connectivity index (χ4v) is 3.60. The third kappa shape index (κ3) is 3.30. The van der Waals surface area contributed by atoms with Crippen LogP contribution in [0.5, 0.6) is 0 Å². The van der Waals surface area contributed by atoms with Crippen molar-refractivity contribution in [1.29, 1.82) is 0 Å². The summed E-state index contributed by atoms with van der Waals surface area (Å²) in [5, 5.41) is 12.7. The first kappa shape index (κ1) is 18.7. The largest absolute Gasteiger partial charge is 0.307 e. The molecule has 0 saturated heterocycles. The van der Waals surface area contributed by atoms with Gasteiger partial charge in [0.05, 0.1) is 29.4 Å². The van der Waals surface area contributed by atoms with Gasteiger partial charge in [0.25, 0.3) is 5.91 Å². The van der Waals surface area contributed by atoms with Crippen molar-refractivity contribution in [1.82, 2.24) is 24.5 Å². The van der Waals surface area contributed by atoms with Gasteiger partial charge in [0.2, 0.25) is 0 Å². The molecule has 0 aliphatic heterocycles. The van der Waals surface area contributed by atoms with E-state index in [1.807, 2.05) is 21.5 Å². The predicted octanol–water partition coefficient (Wildman–Crippen LogP) is 4.56. The zero-order valence-electron chi connectivity index (χ0n) is 17.2. The molecule has 0 spiro atoms. The van der Waals surface area contributed by atoms with Crippen molar-refractivity contribution in [3.63, 3.8) is 0 Å². The lowest BCUT2D eigenvalue weighted by Crippen LogP contribution is -2.19. The summed E-state index contributed by atoms with van der Waals surface area (Å²) in [6.45, 7) is 10.5. The van der Waals surface area contributed by atoms with Gasteiger partial charge in [-0.1, -0.05) is 13.8 Å². The van der Waals surface area contributed by atoms with Crippen molar-refractivity contribution in [2.24, 2.45) is 5.92 Å². The van der Waals surface area contributed by atoms with E-state index in [1.165, 1.54) is 12.8 Å². The van der Waals surface area contributed by atoms with Crippen molar-refractivity contribution in [2.45, 2.75) is 65.5 Å². The summed E-state index contributed by atoms with van der Waals surface area (Å²) in [6, 6.07) is 4.21. The predicted molar refractivity (Wildman–Crippen MR) is 110 cm³/mol. The smallest absolute Gasteiger partial charge is 0.257 e. The number of nitrogens with one attached hydrogen (secondary N) is 1. The Kier molecular flexibility index (Phi) is 4.69. The summed E-state index contributed by atoms with van der Waals surface area (Å²) in [5.41, 5.74) is 2.25.